The van der Waals surface area contributed by atoms with Crippen molar-refractivity contribution in [3.63, 3.8) is 0 Å². The topological polar surface area (TPSA) is 92.4 Å². The predicted molar refractivity (Wildman–Crippen MR) is 83.5 cm³/mol. The summed E-state index contributed by atoms with van der Waals surface area (Å²) in [6, 6.07) is 3.16. The zero-order chi connectivity index (χ0) is 15.6. The largest absolute Gasteiger partial charge is 0.398 e. The van der Waals surface area contributed by atoms with Crippen LogP contribution in [0.3, 0.4) is 0 Å². The Morgan fingerprint density at radius 2 is 1.86 bits per heavy atom. The average Bonchev–Trinajstić information content (AvgIpc) is 2.43. The molecule has 1 fully saturated rings. The predicted octanol–water partition coefficient (Wildman–Crippen LogP) is 1.72. The monoisotopic (exact) mass is 312 g/mol. The van der Waals surface area contributed by atoms with Gasteiger partial charge in [-0.25, -0.2) is 13.1 Å². The molecule has 1 aromatic carbocycles. The van der Waals surface area contributed by atoms with Gasteiger partial charge in [-0.2, -0.15) is 0 Å². The highest BCUT2D eigenvalue weighted by atomic mass is 32.2. The molecule has 2 rings (SSSR count). The second kappa shape index (κ2) is 6.34. The molecule has 21 heavy (non-hydrogen) atoms. The Hall–Kier alpha value is -1.11. The molecule has 0 amide bonds. The lowest BCUT2D eigenvalue weighted by Crippen LogP contribution is -2.32. The van der Waals surface area contributed by atoms with Gasteiger partial charge in [0, 0.05) is 12.2 Å². The zero-order valence-corrected chi connectivity index (χ0v) is 13.4. The second-order valence-corrected chi connectivity index (χ2v) is 7.75. The number of nitrogens with one attached hydrogen (secondary N) is 1. The molecule has 0 spiro atoms. The van der Waals surface area contributed by atoms with Crippen LogP contribution in [0, 0.1) is 19.8 Å². The molecular formula is C15H24N2O3S. The van der Waals surface area contributed by atoms with E-state index in [1.807, 2.05) is 13.8 Å². The summed E-state index contributed by atoms with van der Waals surface area (Å²) in [6.07, 6.45) is 3.00. The molecule has 0 bridgehead atoms. The highest BCUT2D eigenvalue weighted by molar-refractivity contribution is 7.89. The quantitative estimate of drug-likeness (QED) is 0.738. The van der Waals surface area contributed by atoms with Crippen LogP contribution in [0.1, 0.15) is 36.8 Å². The first kappa shape index (κ1) is 16.3. The second-order valence-electron chi connectivity index (χ2n) is 5.98. The molecule has 0 radical (unpaired) electrons. The highest BCUT2D eigenvalue weighted by Crippen LogP contribution is 2.25. The first-order valence-electron chi connectivity index (χ1n) is 7.34. The van der Waals surface area contributed by atoms with Crippen molar-refractivity contribution < 1.29 is 13.5 Å². The molecule has 0 saturated heterocycles. The van der Waals surface area contributed by atoms with Crippen molar-refractivity contribution in [2.45, 2.75) is 50.5 Å². The Balaban J connectivity index is 2.05. The van der Waals surface area contributed by atoms with Gasteiger partial charge in [0.15, 0.2) is 0 Å². The van der Waals surface area contributed by atoms with Gasteiger partial charge in [-0.1, -0.05) is 0 Å². The van der Waals surface area contributed by atoms with E-state index in [9.17, 15) is 13.5 Å². The van der Waals surface area contributed by atoms with Crippen LogP contribution in [-0.2, 0) is 10.0 Å². The normalized spacial score (nSPS) is 23.2. The Labute approximate surface area is 126 Å². The first-order chi connectivity index (χ1) is 9.79. The summed E-state index contributed by atoms with van der Waals surface area (Å²) >= 11 is 0. The van der Waals surface area contributed by atoms with Crippen LogP contribution in [0.5, 0.6) is 0 Å². The number of hydrogen-bond acceptors (Lipinski definition) is 4. The van der Waals surface area contributed by atoms with E-state index in [2.05, 4.69) is 4.72 Å². The Kier molecular flexibility index (Phi) is 4.91. The van der Waals surface area contributed by atoms with Crippen LogP contribution in [0.15, 0.2) is 17.0 Å². The maximum Gasteiger partial charge on any atom is 0.240 e. The molecule has 118 valence electrons. The van der Waals surface area contributed by atoms with Crippen LogP contribution >= 0.6 is 0 Å². The standard InChI is InChI=1S/C15H24N2O3S/c1-10-7-14(8-15(16)11(10)2)21(19,20)17-9-12-3-5-13(18)6-4-12/h7-8,12-13,17-18H,3-6,9,16H2,1-2H3. The number of aliphatic hydroxyl groups is 1. The van der Waals surface area contributed by atoms with Gasteiger partial charge in [0.1, 0.15) is 0 Å². The lowest BCUT2D eigenvalue weighted by molar-refractivity contribution is 0.109. The number of rotatable bonds is 4. The van der Waals surface area contributed by atoms with Crippen LogP contribution in [-0.4, -0.2) is 26.2 Å². The van der Waals surface area contributed by atoms with Crippen LogP contribution in [0.2, 0.25) is 0 Å². The summed E-state index contributed by atoms with van der Waals surface area (Å²) in [5.41, 5.74) is 8.13. The molecule has 1 aliphatic rings. The molecule has 1 aromatic rings. The van der Waals surface area contributed by atoms with E-state index in [0.29, 0.717) is 18.2 Å². The van der Waals surface area contributed by atoms with Gasteiger partial charge in [-0.05, 0) is 68.7 Å². The lowest BCUT2D eigenvalue weighted by Gasteiger charge is -2.25. The van der Waals surface area contributed by atoms with Gasteiger partial charge in [0.25, 0.3) is 0 Å². The van der Waals surface area contributed by atoms with Crippen molar-refractivity contribution in [1.82, 2.24) is 4.72 Å². The van der Waals surface area contributed by atoms with E-state index in [1.54, 1.807) is 6.07 Å². The molecule has 4 N–H and O–H groups in total. The van der Waals surface area contributed by atoms with Gasteiger partial charge in [-0.3, -0.25) is 0 Å². The molecule has 1 saturated carbocycles. The number of sulfonamides is 1. The fourth-order valence-electron chi connectivity index (χ4n) is 2.67. The minimum Gasteiger partial charge on any atom is -0.398 e. The maximum absolute atomic E-state index is 12.3. The van der Waals surface area contributed by atoms with E-state index >= 15 is 0 Å². The molecule has 6 heteroatoms. The third-order valence-corrected chi connectivity index (χ3v) is 5.77. The fourth-order valence-corrected chi connectivity index (χ4v) is 3.90. The summed E-state index contributed by atoms with van der Waals surface area (Å²) in [4.78, 5) is 0.221. The number of aryl methyl sites for hydroxylation is 1. The fraction of sp³-hybridized carbons (Fsp3) is 0.600. The van der Waals surface area contributed by atoms with Crippen molar-refractivity contribution in [1.29, 1.82) is 0 Å². The zero-order valence-electron chi connectivity index (χ0n) is 12.6. The maximum atomic E-state index is 12.3. The van der Waals surface area contributed by atoms with Crippen LogP contribution in [0.4, 0.5) is 5.69 Å². The smallest absolute Gasteiger partial charge is 0.240 e. The van der Waals surface area contributed by atoms with E-state index < -0.39 is 10.0 Å². The van der Waals surface area contributed by atoms with Gasteiger partial charge in [-0.15, -0.1) is 0 Å². The minimum absolute atomic E-state index is 0.221. The van der Waals surface area contributed by atoms with E-state index in [0.717, 1.165) is 36.8 Å². The first-order valence-corrected chi connectivity index (χ1v) is 8.82. The van der Waals surface area contributed by atoms with Crippen molar-refractivity contribution in [2.75, 3.05) is 12.3 Å². The summed E-state index contributed by atoms with van der Waals surface area (Å²) in [7, 11) is -3.53. The van der Waals surface area contributed by atoms with E-state index in [4.69, 9.17) is 5.73 Å². The van der Waals surface area contributed by atoms with Crippen LogP contribution in [0.25, 0.3) is 0 Å². The molecule has 0 unspecified atom stereocenters. The van der Waals surface area contributed by atoms with Gasteiger partial charge in [0.2, 0.25) is 10.0 Å². The van der Waals surface area contributed by atoms with E-state index in [-0.39, 0.29) is 11.0 Å². The van der Waals surface area contributed by atoms with Gasteiger partial charge >= 0.3 is 0 Å². The molecule has 0 aliphatic heterocycles. The number of nitrogen functional groups attached to an aromatic ring is 1. The molecule has 1 aliphatic carbocycles. The number of nitrogens with two attached hydrogens (primary N) is 1. The summed E-state index contributed by atoms with van der Waals surface area (Å²) in [5, 5.41) is 9.47. The third-order valence-electron chi connectivity index (χ3n) is 4.37. The molecule has 0 atom stereocenters. The summed E-state index contributed by atoms with van der Waals surface area (Å²) < 4.78 is 27.3. The van der Waals surface area contributed by atoms with Gasteiger partial charge < -0.3 is 10.8 Å². The van der Waals surface area contributed by atoms with E-state index in [1.165, 1.54) is 6.07 Å². The number of hydrogen-bond donors (Lipinski definition) is 3. The molecule has 5 nitrogen and oxygen atoms in total. The Bertz CT molecular complexity index is 582. The Morgan fingerprint density at radius 1 is 1.24 bits per heavy atom. The lowest BCUT2D eigenvalue weighted by atomic mass is 9.88. The molecule has 0 aromatic heterocycles. The third kappa shape index (κ3) is 3.96. The number of benzene rings is 1. The Morgan fingerprint density at radius 3 is 2.43 bits per heavy atom. The van der Waals surface area contributed by atoms with Crippen LogP contribution < -0.4 is 10.5 Å². The average molecular weight is 312 g/mol. The van der Waals surface area contributed by atoms with Crippen molar-refractivity contribution in [3.8, 4) is 0 Å². The summed E-state index contributed by atoms with van der Waals surface area (Å²) in [5.74, 6) is 0.298. The highest BCUT2D eigenvalue weighted by Gasteiger charge is 2.22. The van der Waals surface area contributed by atoms with Crippen molar-refractivity contribution in [2.24, 2.45) is 5.92 Å². The van der Waals surface area contributed by atoms with Crippen molar-refractivity contribution in [3.05, 3.63) is 23.3 Å². The number of aliphatic hydroxyl groups excluding tert-OH is 1. The minimum atomic E-state index is -3.53. The summed E-state index contributed by atoms with van der Waals surface area (Å²) in [6.45, 7) is 4.15. The molecular weight excluding hydrogens is 288 g/mol. The van der Waals surface area contributed by atoms with Crippen molar-refractivity contribution >= 4 is 15.7 Å². The van der Waals surface area contributed by atoms with Gasteiger partial charge in [0.05, 0.1) is 11.0 Å². The number of anilines is 1. The molecule has 0 heterocycles. The SMILES string of the molecule is Cc1cc(S(=O)(=O)NCC2CCC(O)CC2)cc(N)c1C.